The Hall–Kier alpha value is -3.60. The number of pyridine rings is 1. The van der Waals surface area contributed by atoms with Crippen molar-refractivity contribution in [2.45, 2.75) is 4.90 Å². The predicted molar refractivity (Wildman–Crippen MR) is 140 cm³/mol. The highest BCUT2D eigenvalue weighted by molar-refractivity contribution is 7.90. The summed E-state index contributed by atoms with van der Waals surface area (Å²) in [5, 5.41) is 10.0. The van der Waals surface area contributed by atoms with E-state index in [1.54, 1.807) is 10.8 Å². The molecule has 5 rings (SSSR count). The van der Waals surface area contributed by atoms with Crippen LogP contribution in [-0.4, -0.2) is 69.6 Å². The van der Waals surface area contributed by atoms with E-state index < -0.39 is 17.2 Å². The Balaban J connectivity index is 1.28. The van der Waals surface area contributed by atoms with Crippen molar-refractivity contribution < 1.29 is 9.35 Å². The fourth-order valence-corrected chi connectivity index (χ4v) is 4.66. The standard InChI is InChI=1S/C25H27N7O2S/c1-30-13-15-31(16-14-30)20-11-9-19(10-12-20)26-25(33)28-24-27-23-8-4-7-22(32(23)29-24)18-5-3-6-21(17-18)35(2)34/h3-12,17H,13-16H2,1-2H3,(H2,26,28,29,33). The van der Waals surface area contributed by atoms with Crippen LogP contribution in [0.3, 0.4) is 0 Å². The molecule has 1 saturated heterocycles. The molecule has 4 aromatic rings. The van der Waals surface area contributed by atoms with Crippen LogP contribution in [0.15, 0.2) is 71.6 Å². The van der Waals surface area contributed by atoms with E-state index in [2.05, 4.69) is 37.6 Å². The van der Waals surface area contributed by atoms with Crippen LogP contribution in [0.25, 0.3) is 16.9 Å². The molecule has 0 aliphatic carbocycles. The zero-order valence-corrected chi connectivity index (χ0v) is 20.5. The van der Waals surface area contributed by atoms with E-state index in [-0.39, 0.29) is 5.95 Å². The number of piperazine rings is 1. The van der Waals surface area contributed by atoms with E-state index in [0.29, 0.717) is 11.3 Å². The maximum atomic E-state index is 12.6. The van der Waals surface area contributed by atoms with E-state index in [1.807, 2.05) is 66.7 Å². The van der Waals surface area contributed by atoms with Crippen LogP contribution in [0.2, 0.25) is 0 Å². The van der Waals surface area contributed by atoms with Gasteiger partial charge < -0.3 is 19.7 Å². The van der Waals surface area contributed by atoms with Crippen molar-refractivity contribution in [3.05, 3.63) is 66.7 Å². The number of carbonyl (C=O) groups is 1. The van der Waals surface area contributed by atoms with E-state index in [9.17, 15) is 9.35 Å². The summed E-state index contributed by atoms with van der Waals surface area (Å²) in [7, 11) is 2.13. The Morgan fingerprint density at radius 1 is 0.971 bits per heavy atom. The highest BCUT2D eigenvalue weighted by atomic mass is 32.2. The molecule has 1 aliphatic heterocycles. The first-order chi connectivity index (χ1) is 17.0. The maximum Gasteiger partial charge on any atom is 0.326 e. The van der Waals surface area contributed by atoms with Gasteiger partial charge >= 0.3 is 6.03 Å². The van der Waals surface area contributed by atoms with Gasteiger partial charge in [-0.25, -0.2) is 9.31 Å². The first-order valence-corrected chi connectivity index (χ1v) is 12.9. The average molecular weight is 490 g/mol. The number of anilines is 3. The van der Waals surface area contributed by atoms with Gasteiger partial charge in [0.25, 0.3) is 5.95 Å². The molecule has 1 aliphatic rings. The van der Waals surface area contributed by atoms with Gasteiger partial charge in [0, 0.05) is 49.2 Å². The molecule has 3 heterocycles. The van der Waals surface area contributed by atoms with Crippen LogP contribution >= 0.6 is 0 Å². The largest absolute Gasteiger partial charge is 0.612 e. The molecule has 0 saturated carbocycles. The van der Waals surface area contributed by atoms with Gasteiger partial charge in [-0.3, -0.25) is 5.32 Å². The molecule has 2 aromatic carbocycles. The van der Waals surface area contributed by atoms with Crippen molar-refractivity contribution in [3.8, 4) is 11.3 Å². The van der Waals surface area contributed by atoms with Gasteiger partial charge in [-0.1, -0.05) is 18.2 Å². The number of likely N-dealkylation sites (N-methyl/N-ethyl adjacent to an activating group) is 1. The summed E-state index contributed by atoms with van der Waals surface area (Å²) < 4.78 is 13.6. The lowest BCUT2D eigenvalue weighted by atomic mass is 10.1. The van der Waals surface area contributed by atoms with Crippen LogP contribution in [0.1, 0.15) is 0 Å². The Morgan fingerprint density at radius 2 is 1.71 bits per heavy atom. The second kappa shape index (κ2) is 9.95. The van der Waals surface area contributed by atoms with Gasteiger partial charge in [0.05, 0.1) is 5.69 Å². The minimum absolute atomic E-state index is 0.194. The van der Waals surface area contributed by atoms with E-state index in [4.69, 9.17) is 0 Å². The highest BCUT2D eigenvalue weighted by Gasteiger charge is 2.15. The molecule has 1 fully saturated rings. The number of nitrogens with zero attached hydrogens (tertiary/aromatic N) is 5. The van der Waals surface area contributed by atoms with Crippen LogP contribution in [0, 0.1) is 0 Å². The number of rotatable bonds is 5. The van der Waals surface area contributed by atoms with Crippen LogP contribution in [0.5, 0.6) is 0 Å². The number of urea groups is 1. The Bertz CT molecular complexity index is 1330. The number of nitrogens with one attached hydrogen (secondary N) is 2. The van der Waals surface area contributed by atoms with E-state index in [1.165, 1.54) is 0 Å². The van der Waals surface area contributed by atoms with Crippen LogP contribution < -0.4 is 15.5 Å². The molecule has 180 valence electrons. The van der Waals surface area contributed by atoms with Gasteiger partial charge in [0.15, 0.2) is 10.5 Å². The number of benzene rings is 2. The quantitative estimate of drug-likeness (QED) is 0.416. The summed E-state index contributed by atoms with van der Waals surface area (Å²) in [6, 6.07) is 20.5. The second-order valence-electron chi connectivity index (χ2n) is 8.51. The van der Waals surface area contributed by atoms with Crippen molar-refractivity contribution in [3.63, 3.8) is 0 Å². The molecule has 2 N–H and O–H groups in total. The molecular formula is C25H27N7O2S. The summed E-state index contributed by atoms with van der Waals surface area (Å²) in [5.74, 6) is 0.194. The van der Waals surface area contributed by atoms with Gasteiger partial charge in [0.1, 0.15) is 6.26 Å². The zero-order valence-electron chi connectivity index (χ0n) is 19.6. The summed E-state index contributed by atoms with van der Waals surface area (Å²) >= 11 is -1.09. The highest BCUT2D eigenvalue weighted by Crippen LogP contribution is 2.24. The van der Waals surface area contributed by atoms with Crippen LogP contribution in [0.4, 0.5) is 22.1 Å². The SMILES string of the molecule is CN1CCN(c2ccc(NC(=O)Nc3nc4cccc(-c5cccc([S+](C)[O-])c5)n4n3)cc2)CC1. The third-order valence-corrected chi connectivity index (χ3v) is 6.96. The lowest BCUT2D eigenvalue weighted by Crippen LogP contribution is -2.44. The van der Waals surface area contributed by atoms with E-state index in [0.717, 1.165) is 48.0 Å². The maximum absolute atomic E-state index is 12.6. The van der Waals surface area contributed by atoms with Crippen molar-refractivity contribution in [1.29, 1.82) is 0 Å². The van der Waals surface area contributed by atoms with Gasteiger partial charge in [-0.2, -0.15) is 4.98 Å². The lowest BCUT2D eigenvalue weighted by Gasteiger charge is -2.34. The number of hydrogen-bond acceptors (Lipinski definition) is 6. The molecule has 1 unspecified atom stereocenters. The fraction of sp³-hybridized carbons (Fsp3) is 0.240. The number of amides is 2. The number of fused-ring (bicyclic) bond motifs is 1. The molecule has 35 heavy (non-hydrogen) atoms. The summed E-state index contributed by atoms with van der Waals surface area (Å²) in [4.78, 5) is 22.4. The molecule has 0 spiro atoms. The molecule has 2 amide bonds. The topological polar surface area (TPSA) is 101 Å². The van der Waals surface area contributed by atoms with Gasteiger partial charge in [0.2, 0.25) is 0 Å². The smallest absolute Gasteiger partial charge is 0.326 e. The van der Waals surface area contributed by atoms with Crippen molar-refractivity contribution in [2.75, 3.05) is 55.0 Å². The number of hydrogen-bond donors (Lipinski definition) is 2. The van der Waals surface area contributed by atoms with Crippen molar-refractivity contribution in [2.24, 2.45) is 0 Å². The molecule has 2 aromatic heterocycles. The molecule has 9 nitrogen and oxygen atoms in total. The first kappa shape index (κ1) is 23.2. The number of carbonyl (C=O) groups excluding carboxylic acids is 1. The third-order valence-electron chi connectivity index (χ3n) is 6.04. The monoisotopic (exact) mass is 489 g/mol. The summed E-state index contributed by atoms with van der Waals surface area (Å²) in [6.07, 6.45) is 1.65. The van der Waals surface area contributed by atoms with Crippen molar-refractivity contribution in [1.82, 2.24) is 19.5 Å². The first-order valence-electron chi connectivity index (χ1n) is 11.4. The predicted octanol–water partition coefficient (Wildman–Crippen LogP) is 3.53. The lowest BCUT2D eigenvalue weighted by molar-refractivity contribution is 0.262. The minimum atomic E-state index is -1.09. The second-order valence-corrected chi connectivity index (χ2v) is 9.89. The van der Waals surface area contributed by atoms with E-state index >= 15 is 0 Å². The molecule has 0 radical (unpaired) electrons. The normalized spacial score (nSPS) is 15.2. The molecule has 0 bridgehead atoms. The number of aromatic nitrogens is 3. The van der Waals surface area contributed by atoms with Gasteiger partial charge in [-0.15, -0.1) is 5.10 Å². The third kappa shape index (κ3) is 5.24. The minimum Gasteiger partial charge on any atom is -0.612 e. The summed E-state index contributed by atoms with van der Waals surface area (Å²) in [5.41, 5.74) is 4.08. The fourth-order valence-electron chi connectivity index (χ4n) is 4.10. The Morgan fingerprint density at radius 3 is 2.46 bits per heavy atom. The Labute approximate surface area is 206 Å². The Kier molecular flexibility index (Phi) is 6.58. The molecule has 10 heteroatoms. The zero-order chi connectivity index (χ0) is 24.4. The average Bonchev–Trinajstić information content (AvgIpc) is 3.27. The van der Waals surface area contributed by atoms with Crippen molar-refractivity contribution >= 4 is 40.2 Å². The molecule has 1 atom stereocenters. The van der Waals surface area contributed by atoms with Gasteiger partial charge in [-0.05, 0) is 60.7 Å². The molecular weight excluding hydrogens is 462 g/mol. The summed E-state index contributed by atoms with van der Waals surface area (Å²) in [6.45, 7) is 4.07. The van der Waals surface area contributed by atoms with Crippen LogP contribution in [-0.2, 0) is 11.2 Å².